The molecule has 2 rings (SSSR count). The second kappa shape index (κ2) is 6.51. The third-order valence-electron chi connectivity index (χ3n) is 4.27. The van der Waals surface area contributed by atoms with Gasteiger partial charge < -0.3 is 10.6 Å². The minimum atomic E-state index is 0.182. The summed E-state index contributed by atoms with van der Waals surface area (Å²) in [4.78, 5) is 1.39. The third-order valence-corrected chi connectivity index (χ3v) is 5.19. The molecule has 3 heteroatoms. The van der Waals surface area contributed by atoms with E-state index in [0.29, 0.717) is 12.0 Å². The maximum absolute atomic E-state index is 3.77. The van der Waals surface area contributed by atoms with Gasteiger partial charge in [-0.1, -0.05) is 20.8 Å². The van der Waals surface area contributed by atoms with Crippen molar-refractivity contribution in [2.24, 2.45) is 0 Å². The fourth-order valence-corrected chi connectivity index (χ4v) is 4.00. The van der Waals surface area contributed by atoms with Crippen LogP contribution in [0.1, 0.15) is 65.9 Å². The van der Waals surface area contributed by atoms with Gasteiger partial charge in [-0.05, 0) is 63.0 Å². The smallest absolute Gasteiger partial charge is 0.0519 e. The second-order valence-electron chi connectivity index (χ2n) is 6.94. The Hall–Kier alpha value is -0.830. The second-order valence-corrected chi connectivity index (χ2v) is 8.25. The maximum Gasteiger partial charge on any atom is 0.0519 e. The van der Waals surface area contributed by atoms with Crippen LogP contribution in [0.5, 0.6) is 0 Å². The summed E-state index contributed by atoms with van der Waals surface area (Å²) < 4.78 is 0. The van der Waals surface area contributed by atoms with Crippen LogP contribution in [-0.2, 0) is 0 Å². The number of fused-ring (bicyclic) bond motifs is 1. The van der Waals surface area contributed by atoms with Crippen molar-refractivity contribution in [2.75, 3.05) is 16.4 Å². The topological polar surface area (TPSA) is 24.1 Å². The molecule has 0 aromatic heterocycles. The quantitative estimate of drug-likeness (QED) is 0.682. The summed E-state index contributed by atoms with van der Waals surface area (Å²) in [6.45, 7) is 13.7. The predicted molar refractivity (Wildman–Crippen MR) is 96.9 cm³/mol. The van der Waals surface area contributed by atoms with E-state index in [1.54, 1.807) is 0 Å². The van der Waals surface area contributed by atoms with Gasteiger partial charge in [0.1, 0.15) is 0 Å². The van der Waals surface area contributed by atoms with Crippen molar-refractivity contribution in [2.45, 2.75) is 76.8 Å². The first-order valence-electron chi connectivity index (χ1n) is 8.21. The summed E-state index contributed by atoms with van der Waals surface area (Å²) in [6, 6.07) is 5.19. The van der Waals surface area contributed by atoms with Gasteiger partial charge >= 0.3 is 0 Å². The molecule has 0 amide bonds. The first-order chi connectivity index (χ1) is 9.86. The van der Waals surface area contributed by atoms with Crippen molar-refractivity contribution in [3.8, 4) is 0 Å². The highest BCUT2D eigenvalue weighted by Crippen LogP contribution is 2.45. The number of hydrogen-bond donors (Lipinski definition) is 2. The minimum absolute atomic E-state index is 0.182. The zero-order chi connectivity index (χ0) is 15.6. The summed E-state index contributed by atoms with van der Waals surface area (Å²) >= 11 is 1.94. The zero-order valence-electron chi connectivity index (χ0n) is 14.3. The fourth-order valence-electron chi connectivity index (χ4n) is 3.16. The average Bonchev–Trinajstić information content (AvgIpc) is 2.39. The molecule has 0 saturated carbocycles. The average molecular weight is 307 g/mol. The lowest BCUT2D eigenvalue weighted by Gasteiger charge is -2.39. The van der Waals surface area contributed by atoms with E-state index < -0.39 is 0 Å². The predicted octanol–water partition coefficient (Wildman–Crippen LogP) is 5.71. The monoisotopic (exact) mass is 306 g/mol. The van der Waals surface area contributed by atoms with E-state index in [1.165, 1.54) is 28.3 Å². The molecule has 0 spiro atoms. The summed E-state index contributed by atoms with van der Waals surface area (Å²) in [5.41, 5.74) is 4.28. The molecule has 1 aromatic carbocycles. The number of nitrogens with one attached hydrogen (secondary N) is 2. The van der Waals surface area contributed by atoms with Crippen molar-refractivity contribution in [1.82, 2.24) is 0 Å². The molecular weight excluding hydrogens is 276 g/mol. The van der Waals surface area contributed by atoms with Crippen LogP contribution in [0.2, 0.25) is 0 Å². The molecule has 21 heavy (non-hydrogen) atoms. The first-order valence-corrected chi connectivity index (χ1v) is 9.20. The lowest BCUT2D eigenvalue weighted by atomic mass is 9.82. The molecule has 2 atom stereocenters. The third kappa shape index (κ3) is 3.88. The molecule has 1 aromatic rings. The van der Waals surface area contributed by atoms with Crippen LogP contribution >= 0.6 is 11.8 Å². The molecule has 0 radical (unpaired) electrons. The summed E-state index contributed by atoms with van der Waals surface area (Å²) in [5, 5.41) is 7.41. The molecule has 1 aliphatic heterocycles. The Morgan fingerprint density at radius 3 is 2.71 bits per heavy atom. The number of benzene rings is 1. The molecule has 1 aliphatic rings. The summed E-state index contributed by atoms with van der Waals surface area (Å²) in [6.07, 6.45) is 2.33. The molecule has 1 heterocycles. The zero-order valence-corrected chi connectivity index (χ0v) is 15.2. The van der Waals surface area contributed by atoms with Crippen molar-refractivity contribution >= 4 is 23.1 Å². The van der Waals surface area contributed by atoms with Gasteiger partial charge in [0.2, 0.25) is 0 Å². The Kier molecular flexibility index (Phi) is 5.13. The van der Waals surface area contributed by atoms with Crippen LogP contribution in [0.15, 0.2) is 17.0 Å². The molecule has 0 fully saturated rings. The van der Waals surface area contributed by atoms with Gasteiger partial charge in [-0.2, -0.15) is 0 Å². The number of thioether (sulfide) groups is 1. The summed E-state index contributed by atoms with van der Waals surface area (Å²) in [5.74, 6) is 1.71. The van der Waals surface area contributed by atoms with Crippen molar-refractivity contribution in [3.05, 3.63) is 17.7 Å². The highest BCUT2D eigenvalue weighted by Gasteiger charge is 2.31. The Balaban J connectivity index is 2.42. The van der Waals surface area contributed by atoms with Crippen LogP contribution in [0.4, 0.5) is 11.4 Å². The van der Waals surface area contributed by atoms with E-state index in [9.17, 15) is 0 Å². The Bertz CT molecular complexity index is 496. The van der Waals surface area contributed by atoms with Gasteiger partial charge in [-0.15, -0.1) is 11.8 Å². The van der Waals surface area contributed by atoms with Gasteiger partial charge in [0, 0.05) is 22.2 Å². The molecule has 0 saturated heterocycles. The normalized spacial score (nSPS) is 21.3. The van der Waals surface area contributed by atoms with Crippen LogP contribution in [0, 0.1) is 0 Å². The van der Waals surface area contributed by atoms with E-state index in [-0.39, 0.29) is 5.54 Å². The molecular formula is C18H30N2S. The SMILES string of the molecule is CCSc1cc(NC(C)CC)cc2c1NC(C)(C)CC2C. The molecule has 0 bridgehead atoms. The largest absolute Gasteiger partial charge is 0.383 e. The van der Waals surface area contributed by atoms with Gasteiger partial charge in [0.05, 0.1) is 5.69 Å². The van der Waals surface area contributed by atoms with Crippen LogP contribution in [-0.4, -0.2) is 17.3 Å². The lowest BCUT2D eigenvalue weighted by Crippen LogP contribution is -2.37. The van der Waals surface area contributed by atoms with Gasteiger partial charge in [-0.3, -0.25) is 0 Å². The Morgan fingerprint density at radius 1 is 1.38 bits per heavy atom. The van der Waals surface area contributed by atoms with E-state index in [2.05, 4.69) is 64.3 Å². The van der Waals surface area contributed by atoms with Gasteiger partial charge in [-0.25, -0.2) is 0 Å². The molecule has 2 unspecified atom stereocenters. The van der Waals surface area contributed by atoms with Crippen molar-refractivity contribution in [3.63, 3.8) is 0 Å². The Morgan fingerprint density at radius 2 is 2.10 bits per heavy atom. The van der Waals surface area contributed by atoms with Crippen LogP contribution in [0.3, 0.4) is 0 Å². The van der Waals surface area contributed by atoms with Gasteiger partial charge in [0.15, 0.2) is 0 Å². The number of rotatable bonds is 5. The molecule has 2 nitrogen and oxygen atoms in total. The van der Waals surface area contributed by atoms with Crippen molar-refractivity contribution < 1.29 is 0 Å². The maximum atomic E-state index is 3.77. The lowest BCUT2D eigenvalue weighted by molar-refractivity contribution is 0.452. The van der Waals surface area contributed by atoms with E-state index in [0.717, 1.165) is 12.2 Å². The number of anilines is 2. The minimum Gasteiger partial charge on any atom is -0.383 e. The Labute approximate surface area is 134 Å². The van der Waals surface area contributed by atoms with Crippen molar-refractivity contribution in [1.29, 1.82) is 0 Å². The van der Waals surface area contributed by atoms with Gasteiger partial charge in [0.25, 0.3) is 0 Å². The highest BCUT2D eigenvalue weighted by molar-refractivity contribution is 7.99. The van der Waals surface area contributed by atoms with Crippen LogP contribution in [0.25, 0.3) is 0 Å². The fraction of sp³-hybridized carbons (Fsp3) is 0.667. The van der Waals surface area contributed by atoms with E-state index >= 15 is 0 Å². The number of hydrogen-bond acceptors (Lipinski definition) is 3. The highest BCUT2D eigenvalue weighted by atomic mass is 32.2. The van der Waals surface area contributed by atoms with E-state index in [4.69, 9.17) is 0 Å². The standard InChI is InChI=1S/C18H30N2S/c1-7-13(4)19-14-9-15-12(3)11-18(5,6)20-17(15)16(10-14)21-8-2/h9-10,12-13,19-20H,7-8,11H2,1-6H3. The summed E-state index contributed by atoms with van der Waals surface area (Å²) in [7, 11) is 0. The molecule has 2 N–H and O–H groups in total. The molecule has 0 aliphatic carbocycles. The first kappa shape index (κ1) is 16.5. The molecule has 118 valence electrons. The van der Waals surface area contributed by atoms with E-state index in [1.807, 2.05) is 11.8 Å². The van der Waals surface area contributed by atoms with Crippen LogP contribution < -0.4 is 10.6 Å².